The minimum atomic E-state index is -0.545. The Morgan fingerprint density at radius 3 is 2.72 bits per heavy atom. The molecule has 2 aromatic heterocycles. The van der Waals surface area contributed by atoms with E-state index in [4.69, 9.17) is 15.2 Å². The predicted molar refractivity (Wildman–Crippen MR) is 109 cm³/mol. The number of nitrogens with zero attached hydrogens (tertiary/aromatic N) is 5. The lowest BCUT2D eigenvalue weighted by Crippen LogP contribution is -2.61. The molecule has 2 atom stereocenters. The highest BCUT2D eigenvalue weighted by Gasteiger charge is 2.42. The summed E-state index contributed by atoms with van der Waals surface area (Å²) < 4.78 is 13.5. The minimum absolute atomic E-state index is 0.188. The maximum Gasteiger partial charge on any atom is 0.410 e. The van der Waals surface area contributed by atoms with Gasteiger partial charge in [0, 0.05) is 11.8 Å². The van der Waals surface area contributed by atoms with Crippen molar-refractivity contribution in [2.45, 2.75) is 64.8 Å². The Balaban J connectivity index is 1.70. The summed E-state index contributed by atoms with van der Waals surface area (Å²) in [5, 5.41) is 4.40. The molecule has 1 aliphatic rings. The largest absolute Gasteiger partial charge is 0.444 e. The topological polar surface area (TPSA) is 108 Å². The van der Waals surface area contributed by atoms with Crippen LogP contribution in [0, 0.1) is 0 Å². The van der Waals surface area contributed by atoms with E-state index >= 15 is 0 Å². The molecule has 9 heteroatoms. The van der Waals surface area contributed by atoms with E-state index in [2.05, 4.69) is 22.0 Å². The molecule has 1 amide bonds. The number of ether oxygens (including phenoxy) is 2. The number of carbonyl (C=O) groups is 1. The van der Waals surface area contributed by atoms with Gasteiger partial charge in [0.15, 0.2) is 0 Å². The van der Waals surface area contributed by atoms with Gasteiger partial charge in [-0.25, -0.2) is 9.78 Å². The fourth-order valence-electron chi connectivity index (χ4n) is 3.16. The van der Waals surface area contributed by atoms with Crippen LogP contribution in [0.2, 0.25) is 0 Å². The van der Waals surface area contributed by atoms with Crippen molar-refractivity contribution in [2.24, 2.45) is 0 Å². The van der Waals surface area contributed by atoms with Gasteiger partial charge < -0.3 is 15.2 Å². The zero-order valence-corrected chi connectivity index (χ0v) is 17.8. The summed E-state index contributed by atoms with van der Waals surface area (Å²) in [4.78, 5) is 22.9. The van der Waals surface area contributed by atoms with Crippen molar-refractivity contribution in [1.82, 2.24) is 24.6 Å². The number of morpholine rings is 1. The monoisotopic (exact) mass is 402 g/mol. The molecule has 0 aliphatic carbocycles. The quantitative estimate of drug-likeness (QED) is 0.837. The van der Waals surface area contributed by atoms with Crippen LogP contribution < -0.4 is 5.73 Å². The molecule has 0 bridgehead atoms. The number of nitrogens with two attached hydrogens (primary N) is 1. The standard InChI is InChI=1S/C20H30N6O3/c1-6-20(5)13-28-15(12-26(20)18(27)29-19(2,3)4)11-25-10-14(7-24-25)16-8-23-17(21)9-22-16/h7-10,15H,6,11-13H2,1-5H3,(H2,21,23)/t15-,20?/m0/s1. The lowest BCUT2D eigenvalue weighted by atomic mass is 9.95. The fourth-order valence-corrected chi connectivity index (χ4v) is 3.16. The molecule has 0 saturated carbocycles. The molecule has 1 fully saturated rings. The lowest BCUT2D eigenvalue weighted by molar-refractivity contribution is -0.110. The van der Waals surface area contributed by atoms with E-state index in [9.17, 15) is 4.79 Å². The molecule has 1 unspecified atom stereocenters. The second-order valence-corrected chi connectivity index (χ2v) is 8.65. The van der Waals surface area contributed by atoms with Crippen LogP contribution in [0.15, 0.2) is 24.8 Å². The number of anilines is 1. The third-order valence-corrected chi connectivity index (χ3v) is 5.03. The van der Waals surface area contributed by atoms with Gasteiger partial charge in [-0.05, 0) is 34.1 Å². The van der Waals surface area contributed by atoms with Crippen LogP contribution in [0.5, 0.6) is 0 Å². The van der Waals surface area contributed by atoms with Crippen molar-refractivity contribution in [1.29, 1.82) is 0 Å². The Labute approximate surface area is 171 Å². The normalized spacial score (nSPS) is 22.5. The molecule has 2 aromatic rings. The summed E-state index contributed by atoms with van der Waals surface area (Å²) >= 11 is 0. The molecule has 29 heavy (non-hydrogen) atoms. The van der Waals surface area contributed by atoms with E-state index in [1.165, 1.54) is 6.20 Å². The van der Waals surface area contributed by atoms with Crippen LogP contribution in [0.1, 0.15) is 41.0 Å². The molecule has 9 nitrogen and oxygen atoms in total. The van der Waals surface area contributed by atoms with Crippen molar-refractivity contribution in [3.05, 3.63) is 24.8 Å². The average molecular weight is 402 g/mol. The molecular formula is C20H30N6O3. The molecule has 2 N–H and O–H groups in total. The van der Waals surface area contributed by atoms with Crippen LogP contribution in [-0.4, -0.2) is 61.1 Å². The second kappa shape index (κ2) is 7.98. The van der Waals surface area contributed by atoms with Gasteiger partial charge in [-0.2, -0.15) is 5.10 Å². The van der Waals surface area contributed by atoms with Gasteiger partial charge in [-0.15, -0.1) is 0 Å². The number of aromatic nitrogens is 4. The van der Waals surface area contributed by atoms with Gasteiger partial charge in [0.1, 0.15) is 11.4 Å². The molecular weight excluding hydrogens is 372 g/mol. The van der Waals surface area contributed by atoms with Gasteiger partial charge >= 0.3 is 6.09 Å². The maximum atomic E-state index is 12.8. The van der Waals surface area contributed by atoms with Crippen molar-refractivity contribution >= 4 is 11.9 Å². The fraction of sp³-hybridized carbons (Fsp3) is 0.600. The second-order valence-electron chi connectivity index (χ2n) is 8.65. The molecule has 0 aromatic carbocycles. The number of carbonyl (C=O) groups excluding carboxylic acids is 1. The Bertz CT molecular complexity index is 845. The highest BCUT2D eigenvalue weighted by Crippen LogP contribution is 2.28. The zero-order valence-electron chi connectivity index (χ0n) is 17.8. The molecule has 158 valence electrons. The maximum absolute atomic E-state index is 12.8. The predicted octanol–water partition coefficient (Wildman–Crippen LogP) is 2.73. The van der Waals surface area contributed by atoms with Crippen LogP contribution in [0.3, 0.4) is 0 Å². The van der Waals surface area contributed by atoms with E-state index in [1.807, 2.05) is 33.9 Å². The lowest BCUT2D eigenvalue weighted by Gasteiger charge is -2.46. The highest BCUT2D eigenvalue weighted by atomic mass is 16.6. The van der Waals surface area contributed by atoms with E-state index in [-0.39, 0.29) is 12.2 Å². The Hall–Kier alpha value is -2.68. The molecule has 0 radical (unpaired) electrons. The summed E-state index contributed by atoms with van der Waals surface area (Å²) in [5.74, 6) is 0.373. The third kappa shape index (κ3) is 5.03. The molecule has 1 aliphatic heterocycles. The molecule has 3 rings (SSSR count). The SMILES string of the molecule is CCC1(C)CO[C@@H](Cn2cc(-c3cnc(N)cn3)cn2)CN1C(=O)OC(C)(C)C. The molecule has 3 heterocycles. The Kier molecular flexibility index (Phi) is 5.79. The smallest absolute Gasteiger partial charge is 0.410 e. The van der Waals surface area contributed by atoms with Crippen LogP contribution in [-0.2, 0) is 16.0 Å². The number of nitrogen functional groups attached to an aromatic ring is 1. The van der Waals surface area contributed by atoms with E-state index in [1.54, 1.807) is 22.0 Å². The number of hydrogen-bond donors (Lipinski definition) is 1. The first-order chi connectivity index (χ1) is 13.6. The summed E-state index contributed by atoms with van der Waals surface area (Å²) in [6.45, 7) is 11.1. The van der Waals surface area contributed by atoms with Gasteiger partial charge in [-0.1, -0.05) is 6.92 Å². The number of hydrogen-bond acceptors (Lipinski definition) is 7. The number of amides is 1. The van der Waals surface area contributed by atoms with Gasteiger partial charge in [0.05, 0.1) is 55.6 Å². The van der Waals surface area contributed by atoms with Crippen LogP contribution in [0.4, 0.5) is 10.6 Å². The van der Waals surface area contributed by atoms with E-state index in [0.29, 0.717) is 31.2 Å². The Morgan fingerprint density at radius 2 is 2.10 bits per heavy atom. The van der Waals surface area contributed by atoms with Gasteiger partial charge in [-0.3, -0.25) is 14.6 Å². The first kappa shape index (κ1) is 21.0. The minimum Gasteiger partial charge on any atom is -0.444 e. The molecule has 0 spiro atoms. The van der Waals surface area contributed by atoms with Crippen molar-refractivity contribution in [3.8, 4) is 11.3 Å². The van der Waals surface area contributed by atoms with Crippen molar-refractivity contribution in [3.63, 3.8) is 0 Å². The van der Waals surface area contributed by atoms with E-state index < -0.39 is 11.1 Å². The summed E-state index contributed by atoms with van der Waals surface area (Å²) in [6.07, 6.45) is 7.02. The Morgan fingerprint density at radius 1 is 1.34 bits per heavy atom. The molecule has 1 saturated heterocycles. The summed E-state index contributed by atoms with van der Waals surface area (Å²) in [5.41, 5.74) is 6.19. The number of rotatable bonds is 4. The average Bonchev–Trinajstić information content (AvgIpc) is 3.11. The summed E-state index contributed by atoms with van der Waals surface area (Å²) in [7, 11) is 0. The van der Waals surface area contributed by atoms with Crippen molar-refractivity contribution in [2.75, 3.05) is 18.9 Å². The van der Waals surface area contributed by atoms with Crippen LogP contribution >= 0.6 is 0 Å². The van der Waals surface area contributed by atoms with Gasteiger partial charge in [0.2, 0.25) is 0 Å². The van der Waals surface area contributed by atoms with Crippen molar-refractivity contribution < 1.29 is 14.3 Å². The zero-order chi connectivity index (χ0) is 21.2. The van der Waals surface area contributed by atoms with Gasteiger partial charge in [0.25, 0.3) is 0 Å². The van der Waals surface area contributed by atoms with Crippen LogP contribution in [0.25, 0.3) is 11.3 Å². The highest BCUT2D eigenvalue weighted by molar-refractivity contribution is 5.69. The first-order valence-electron chi connectivity index (χ1n) is 9.82. The summed E-state index contributed by atoms with van der Waals surface area (Å²) in [6, 6.07) is 0. The van der Waals surface area contributed by atoms with E-state index in [0.717, 1.165) is 12.0 Å². The first-order valence-corrected chi connectivity index (χ1v) is 9.82. The third-order valence-electron chi connectivity index (χ3n) is 5.03.